The Hall–Kier alpha value is -2.11. The quantitative estimate of drug-likeness (QED) is 0.638. The van der Waals surface area contributed by atoms with Crippen molar-refractivity contribution < 1.29 is 14.5 Å². The number of ether oxygens (including phenoxy) is 1. The normalized spacial score (nSPS) is 15.3. The minimum atomic E-state index is -0.489. The van der Waals surface area contributed by atoms with Gasteiger partial charge in [0, 0.05) is 18.6 Å². The predicted molar refractivity (Wildman–Crippen MR) is 84.1 cm³/mol. The van der Waals surface area contributed by atoms with Crippen LogP contribution in [0.5, 0.6) is 5.75 Å². The van der Waals surface area contributed by atoms with Gasteiger partial charge in [0.05, 0.1) is 17.7 Å². The van der Waals surface area contributed by atoms with Crippen LogP contribution in [0.1, 0.15) is 44.9 Å². The maximum Gasteiger partial charge on any atom is 0.271 e. The van der Waals surface area contributed by atoms with Gasteiger partial charge in [0.2, 0.25) is 5.91 Å². The molecule has 1 fully saturated rings. The number of nitro benzene ring substituents is 1. The van der Waals surface area contributed by atoms with Crippen LogP contribution in [0, 0.1) is 16.0 Å². The Morgan fingerprint density at radius 3 is 2.73 bits per heavy atom. The molecule has 120 valence electrons. The first-order valence-electron chi connectivity index (χ1n) is 7.72. The molecular formula is C16H22N2O4. The SMILES string of the molecule is COc1ccc([N+](=O)[O-])cc1NC(=O)CCC1CCCCC1. The monoisotopic (exact) mass is 306 g/mol. The van der Waals surface area contributed by atoms with Crippen LogP contribution in [0.2, 0.25) is 0 Å². The van der Waals surface area contributed by atoms with Gasteiger partial charge in [-0.3, -0.25) is 14.9 Å². The highest BCUT2D eigenvalue weighted by molar-refractivity contribution is 5.92. The molecule has 0 spiro atoms. The molecule has 1 aliphatic carbocycles. The van der Waals surface area contributed by atoms with Gasteiger partial charge in [-0.1, -0.05) is 32.1 Å². The number of hydrogen-bond donors (Lipinski definition) is 1. The first kappa shape index (κ1) is 16.3. The summed E-state index contributed by atoms with van der Waals surface area (Å²) < 4.78 is 5.14. The van der Waals surface area contributed by atoms with Gasteiger partial charge in [-0.05, 0) is 18.4 Å². The Bertz CT molecular complexity index is 539. The minimum Gasteiger partial charge on any atom is -0.495 e. The van der Waals surface area contributed by atoms with Gasteiger partial charge in [0.1, 0.15) is 5.75 Å². The third-order valence-corrected chi connectivity index (χ3v) is 4.17. The molecule has 1 aromatic rings. The predicted octanol–water partition coefficient (Wildman–Crippen LogP) is 3.90. The molecule has 0 unspecified atom stereocenters. The summed E-state index contributed by atoms with van der Waals surface area (Å²) in [6, 6.07) is 4.18. The fourth-order valence-electron chi connectivity index (χ4n) is 2.93. The molecular weight excluding hydrogens is 284 g/mol. The van der Waals surface area contributed by atoms with Gasteiger partial charge in [-0.25, -0.2) is 0 Å². The van der Waals surface area contributed by atoms with Crippen LogP contribution >= 0.6 is 0 Å². The largest absolute Gasteiger partial charge is 0.495 e. The zero-order chi connectivity index (χ0) is 15.9. The fourth-order valence-corrected chi connectivity index (χ4v) is 2.93. The van der Waals surface area contributed by atoms with Gasteiger partial charge in [-0.2, -0.15) is 0 Å². The number of nitrogens with one attached hydrogen (secondary N) is 1. The number of carbonyl (C=O) groups is 1. The summed E-state index contributed by atoms with van der Waals surface area (Å²) in [4.78, 5) is 22.4. The van der Waals surface area contributed by atoms with E-state index in [2.05, 4.69) is 5.32 Å². The van der Waals surface area contributed by atoms with Crippen molar-refractivity contribution in [3.05, 3.63) is 28.3 Å². The standard InChI is InChI=1S/C16H22N2O4/c1-22-15-9-8-13(18(20)21)11-14(15)17-16(19)10-7-12-5-3-2-4-6-12/h8-9,11-12H,2-7,10H2,1H3,(H,17,19). The summed E-state index contributed by atoms with van der Waals surface area (Å²) in [5, 5.41) is 13.6. The Balaban J connectivity index is 1.94. The molecule has 0 radical (unpaired) electrons. The average Bonchev–Trinajstić information content (AvgIpc) is 2.53. The van der Waals surface area contributed by atoms with Gasteiger partial charge >= 0.3 is 0 Å². The molecule has 2 rings (SSSR count). The highest BCUT2D eigenvalue weighted by Gasteiger charge is 2.17. The number of rotatable bonds is 6. The lowest BCUT2D eigenvalue weighted by molar-refractivity contribution is -0.384. The number of non-ortho nitro benzene ring substituents is 1. The molecule has 22 heavy (non-hydrogen) atoms. The van der Waals surface area contributed by atoms with E-state index in [1.807, 2.05) is 0 Å². The van der Waals surface area contributed by atoms with E-state index in [1.54, 1.807) is 0 Å². The first-order chi connectivity index (χ1) is 10.6. The van der Waals surface area contributed by atoms with E-state index in [4.69, 9.17) is 4.74 Å². The van der Waals surface area contributed by atoms with Gasteiger partial charge in [-0.15, -0.1) is 0 Å². The van der Waals surface area contributed by atoms with Crippen LogP contribution < -0.4 is 10.1 Å². The number of methoxy groups -OCH3 is 1. The number of hydrogen-bond acceptors (Lipinski definition) is 4. The summed E-state index contributed by atoms with van der Waals surface area (Å²) >= 11 is 0. The molecule has 6 nitrogen and oxygen atoms in total. The third-order valence-electron chi connectivity index (χ3n) is 4.17. The smallest absolute Gasteiger partial charge is 0.271 e. The lowest BCUT2D eigenvalue weighted by atomic mass is 9.86. The Morgan fingerprint density at radius 2 is 2.09 bits per heavy atom. The second-order valence-electron chi connectivity index (χ2n) is 5.73. The Labute approximate surface area is 130 Å². The summed E-state index contributed by atoms with van der Waals surface area (Å²) in [5.41, 5.74) is 0.286. The number of nitrogens with zero attached hydrogens (tertiary/aromatic N) is 1. The highest BCUT2D eigenvalue weighted by atomic mass is 16.6. The number of nitro groups is 1. The van der Waals surface area contributed by atoms with Gasteiger partial charge < -0.3 is 10.1 Å². The molecule has 0 heterocycles. The van der Waals surface area contributed by atoms with Crippen LogP contribution in [-0.2, 0) is 4.79 Å². The number of amides is 1. The van der Waals surface area contributed by atoms with E-state index in [1.165, 1.54) is 57.4 Å². The molecule has 1 aromatic carbocycles. The van der Waals surface area contributed by atoms with Crippen molar-refractivity contribution >= 4 is 17.3 Å². The summed E-state index contributed by atoms with van der Waals surface area (Å²) in [6.07, 6.45) is 7.53. The topological polar surface area (TPSA) is 81.5 Å². The number of carbonyl (C=O) groups excluding carboxylic acids is 1. The Morgan fingerprint density at radius 1 is 1.36 bits per heavy atom. The molecule has 1 saturated carbocycles. The van der Waals surface area contributed by atoms with Crippen molar-refractivity contribution in [1.29, 1.82) is 0 Å². The average molecular weight is 306 g/mol. The zero-order valence-corrected chi connectivity index (χ0v) is 12.8. The molecule has 0 aromatic heterocycles. The lowest BCUT2D eigenvalue weighted by Gasteiger charge is -2.21. The highest BCUT2D eigenvalue weighted by Crippen LogP contribution is 2.30. The van der Waals surface area contributed by atoms with Gasteiger partial charge in [0.25, 0.3) is 5.69 Å². The fraction of sp³-hybridized carbons (Fsp3) is 0.562. The van der Waals surface area contributed by atoms with Crippen molar-refractivity contribution in [3.8, 4) is 5.75 Å². The summed E-state index contributed by atoms with van der Waals surface area (Å²) in [7, 11) is 1.47. The van der Waals surface area contributed by atoms with Crippen molar-refractivity contribution in [3.63, 3.8) is 0 Å². The molecule has 1 aliphatic rings. The summed E-state index contributed by atoms with van der Waals surface area (Å²) in [6.45, 7) is 0. The Kier molecular flexibility index (Phi) is 5.75. The zero-order valence-electron chi connectivity index (χ0n) is 12.8. The maximum absolute atomic E-state index is 12.1. The minimum absolute atomic E-state index is 0.0663. The van der Waals surface area contributed by atoms with E-state index in [0.717, 1.165) is 6.42 Å². The number of benzene rings is 1. The van der Waals surface area contributed by atoms with Crippen molar-refractivity contribution in [2.45, 2.75) is 44.9 Å². The molecule has 0 bridgehead atoms. The van der Waals surface area contributed by atoms with E-state index in [0.29, 0.717) is 23.8 Å². The van der Waals surface area contributed by atoms with Crippen LogP contribution in [0.3, 0.4) is 0 Å². The molecule has 1 amide bonds. The van der Waals surface area contributed by atoms with Gasteiger partial charge in [0.15, 0.2) is 0 Å². The van der Waals surface area contributed by atoms with Crippen LogP contribution in [0.4, 0.5) is 11.4 Å². The second-order valence-corrected chi connectivity index (χ2v) is 5.73. The van der Waals surface area contributed by atoms with Crippen molar-refractivity contribution in [2.24, 2.45) is 5.92 Å². The van der Waals surface area contributed by atoms with E-state index in [9.17, 15) is 14.9 Å². The van der Waals surface area contributed by atoms with Crippen LogP contribution in [-0.4, -0.2) is 17.9 Å². The number of anilines is 1. The third kappa shape index (κ3) is 4.44. The maximum atomic E-state index is 12.1. The molecule has 0 saturated heterocycles. The van der Waals surface area contributed by atoms with E-state index < -0.39 is 4.92 Å². The van der Waals surface area contributed by atoms with Crippen LogP contribution in [0.25, 0.3) is 0 Å². The van der Waals surface area contributed by atoms with Crippen LogP contribution in [0.15, 0.2) is 18.2 Å². The summed E-state index contributed by atoms with van der Waals surface area (Å²) in [5.74, 6) is 0.937. The lowest BCUT2D eigenvalue weighted by Crippen LogP contribution is -2.15. The van der Waals surface area contributed by atoms with E-state index in [-0.39, 0.29) is 11.6 Å². The second kappa shape index (κ2) is 7.77. The molecule has 6 heteroatoms. The van der Waals surface area contributed by atoms with E-state index >= 15 is 0 Å². The molecule has 0 atom stereocenters. The molecule has 1 N–H and O–H groups in total. The van der Waals surface area contributed by atoms with Crippen molar-refractivity contribution in [2.75, 3.05) is 12.4 Å². The van der Waals surface area contributed by atoms with Crippen molar-refractivity contribution in [1.82, 2.24) is 0 Å². The first-order valence-corrected chi connectivity index (χ1v) is 7.72. The molecule has 0 aliphatic heterocycles.